The third-order valence-electron chi connectivity index (χ3n) is 2.81. The molecule has 6 heteroatoms. The maximum Gasteiger partial charge on any atom is 0.339 e. The molecule has 5 nitrogen and oxygen atoms in total. The van der Waals surface area contributed by atoms with Gasteiger partial charge in [-0.3, -0.25) is 0 Å². The maximum absolute atomic E-state index is 11.2. The van der Waals surface area contributed by atoms with E-state index in [2.05, 4.69) is 4.98 Å². The molecule has 1 heterocycles. The molecule has 0 bridgehead atoms. The summed E-state index contributed by atoms with van der Waals surface area (Å²) in [6, 6.07) is 8.76. The molecule has 0 aliphatic heterocycles. The van der Waals surface area contributed by atoms with Gasteiger partial charge in [-0.1, -0.05) is 23.7 Å². The molecule has 0 saturated heterocycles. The molecule has 0 radical (unpaired) electrons. The van der Waals surface area contributed by atoms with Crippen molar-refractivity contribution in [1.82, 2.24) is 4.98 Å². The summed E-state index contributed by atoms with van der Waals surface area (Å²) < 4.78 is 0. The second kappa shape index (κ2) is 5.79. The molecule has 1 aromatic heterocycles. The first-order valence-electron chi connectivity index (χ1n) is 5.92. The third-order valence-corrected chi connectivity index (χ3v) is 3.06. The predicted molar refractivity (Wildman–Crippen MR) is 79.2 cm³/mol. The highest BCUT2D eigenvalue weighted by Crippen LogP contribution is 2.21. The van der Waals surface area contributed by atoms with Crippen molar-refractivity contribution in [1.29, 1.82) is 0 Å². The van der Waals surface area contributed by atoms with Crippen LogP contribution in [-0.2, 0) is 6.54 Å². The lowest BCUT2D eigenvalue weighted by Crippen LogP contribution is -2.21. The van der Waals surface area contributed by atoms with E-state index in [4.69, 9.17) is 17.3 Å². The van der Waals surface area contributed by atoms with Crippen LogP contribution in [0.15, 0.2) is 36.5 Å². The predicted octanol–water partition coefficient (Wildman–Crippen LogP) is 2.65. The van der Waals surface area contributed by atoms with Crippen LogP contribution in [0, 0.1) is 0 Å². The van der Waals surface area contributed by atoms with Gasteiger partial charge in [0.1, 0.15) is 11.4 Å². The van der Waals surface area contributed by atoms with Crippen molar-refractivity contribution in [3.63, 3.8) is 0 Å². The average molecular weight is 292 g/mol. The Morgan fingerprint density at radius 2 is 2.05 bits per heavy atom. The van der Waals surface area contributed by atoms with Gasteiger partial charge in [0, 0.05) is 18.6 Å². The molecule has 0 amide bonds. The van der Waals surface area contributed by atoms with Gasteiger partial charge in [0.25, 0.3) is 0 Å². The molecular formula is C14H14ClN3O2. The molecule has 0 aliphatic rings. The Kier molecular flexibility index (Phi) is 4.10. The minimum Gasteiger partial charge on any atom is -0.478 e. The molecule has 0 fully saturated rings. The number of rotatable bonds is 4. The van der Waals surface area contributed by atoms with E-state index in [-0.39, 0.29) is 5.56 Å². The quantitative estimate of drug-likeness (QED) is 0.905. The highest BCUT2D eigenvalue weighted by Gasteiger charge is 2.15. The number of nitrogen functional groups attached to an aromatic ring is 1. The Morgan fingerprint density at radius 1 is 1.40 bits per heavy atom. The number of carbonyl (C=O) groups is 1. The molecule has 0 atom stereocenters. The number of benzene rings is 1. The number of hydrogen-bond donors (Lipinski definition) is 2. The van der Waals surface area contributed by atoms with Crippen LogP contribution < -0.4 is 10.6 Å². The molecule has 0 aliphatic carbocycles. The molecule has 0 saturated carbocycles. The Bertz CT molecular complexity index is 629. The second-order valence-electron chi connectivity index (χ2n) is 4.43. The van der Waals surface area contributed by atoms with E-state index in [1.54, 1.807) is 24.1 Å². The van der Waals surface area contributed by atoms with Gasteiger partial charge in [-0.2, -0.15) is 0 Å². The summed E-state index contributed by atoms with van der Waals surface area (Å²) >= 11 is 5.83. The van der Waals surface area contributed by atoms with E-state index in [1.165, 1.54) is 12.3 Å². The van der Waals surface area contributed by atoms with E-state index >= 15 is 0 Å². The smallest absolute Gasteiger partial charge is 0.339 e. The fourth-order valence-corrected chi connectivity index (χ4v) is 2.00. The molecule has 2 rings (SSSR count). The lowest BCUT2D eigenvalue weighted by molar-refractivity contribution is 0.0697. The number of anilines is 2. The first kappa shape index (κ1) is 14.1. The van der Waals surface area contributed by atoms with Crippen molar-refractivity contribution in [2.75, 3.05) is 17.7 Å². The van der Waals surface area contributed by atoms with Crippen molar-refractivity contribution in [3.05, 3.63) is 52.7 Å². The van der Waals surface area contributed by atoms with E-state index < -0.39 is 5.97 Å². The monoisotopic (exact) mass is 291 g/mol. The summed E-state index contributed by atoms with van der Waals surface area (Å²) in [6.45, 7) is 0.522. The zero-order valence-electron chi connectivity index (χ0n) is 10.9. The van der Waals surface area contributed by atoms with Crippen molar-refractivity contribution < 1.29 is 9.90 Å². The summed E-state index contributed by atoms with van der Waals surface area (Å²) in [5.41, 5.74) is 6.99. The maximum atomic E-state index is 11.2. The zero-order chi connectivity index (χ0) is 14.7. The van der Waals surface area contributed by atoms with E-state index in [9.17, 15) is 9.90 Å². The third kappa shape index (κ3) is 3.19. The molecule has 0 unspecified atom stereocenters. The highest BCUT2D eigenvalue weighted by atomic mass is 35.5. The van der Waals surface area contributed by atoms with Gasteiger partial charge < -0.3 is 15.7 Å². The van der Waals surface area contributed by atoms with Gasteiger partial charge in [0.15, 0.2) is 0 Å². The number of carboxylic acids is 1. The fraction of sp³-hybridized carbons (Fsp3) is 0.143. The molecule has 20 heavy (non-hydrogen) atoms. The fourth-order valence-electron chi connectivity index (χ4n) is 1.87. The van der Waals surface area contributed by atoms with Crippen LogP contribution in [0.4, 0.5) is 11.5 Å². The number of nitrogens with two attached hydrogens (primary N) is 1. The topological polar surface area (TPSA) is 79.5 Å². The molecule has 3 N–H and O–H groups in total. The summed E-state index contributed by atoms with van der Waals surface area (Å²) in [4.78, 5) is 17.1. The largest absolute Gasteiger partial charge is 0.478 e. The zero-order valence-corrected chi connectivity index (χ0v) is 11.6. The standard InChI is InChI=1S/C14H14ClN3O2/c1-18(8-9-2-4-10(15)5-3-9)13-12(14(19)20)6-11(16)7-17-13/h2-7H,8,16H2,1H3,(H,19,20). The van der Waals surface area contributed by atoms with Crippen LogP contribution in [0.5, 0.6) is 0 Å². The van der Waals surface area contributed by atoms with Crippen LogP contribution in [0.1, 0.15) is 15.9 Å². The van der Waals surface area contributed by atoms with E-state index in [0.29, 0.717) is 23.1 Å². The van der Waals surface area contributed by atoms with Gasteiger partial charge in [0.05, 0.1) is 11.9 Å². The van der Waals surface area contributed by atoms with Crippen molar-refractivity contribution in [2.24, 2.45) is 0 Å². The van der Waals surface area contributed by atoms with Crippen molar-refractivity contribution in [3.8, 4) is 0 Å². The number of hydrogen-bond acceptors (Lipinski definition) is 4. The second-order valence-corrected chi connectivity index (χ2v) is 4.86. The summed E-state index contributed by atoms with van der Waals surface area (Å²) in [7, 11) is 1.78. The Hall–Kier alpha value is -2.27. The number of pyridine rings is 1. The molecular weight excluding hydrogens is 278 g/mol. The summed E-state index contributed by atoms with van der Waals surface area (Å²) in [5, 5.41) is 9.86. The molecule has 1 aromatic carbocycles. The van der Waals surface area contributed by atoms with Crippen LogP contribution >= 0.6 is 11.6 Å². The van der Waals surface area contributed by atoms with Crippen LogP contribution in [0.25, 0.3) is 0 Å². The minimum absolute atomic E-state index is 0.0847. The molecule has 0 spiro atoms. The lowest BCUT2D eigenvalue weighted by Gasteiger charge is -2.20. The van der Waals surface area contributed by atoms with Crippen LogP contribution in [0.3, 0.4) is 0 Å². The van der Waals surface area contributed by atoms with Crippen molar-refractivity contribution in [2.45, 2.75) is 6.54 Å². The Labute approximate surface area is 121 Å². The lowest BCUT2D eigenvalue weighted by atomic mass is 10.2. The van der Waals surface area contributed by atoms with Crippen molar-refractivity contribution >= 4 is 29.1 Å². The number of aromatic nitrogens is 1. The number of aromatic carboxylic acids is 1. The average Bonchev–Trinajstić information content (AvgIpc) is 2.41. The van der Waals surface area contributed by atoms with Gasteiger partial charge in [-0.15, -0.1) is 0 Å². The van der Waals surface area contributed by atoms with Crippen LogP contribution in [0.2, 0.25) is 5.02 Å². The Morgan fingerprint density at radius 3 is 2.65 bits per heavy atom. The molecule has 104 valence electrons. The van der Waals surface area contributed by atoms with E-state index in [0.717, 1.165) is 5.56 Å². The number of nitrogens with zero attached hydrogens (tertiary/aromatic N) is 2. The van der Waals surface area contributed by atoms with Gasteiger partial charge in [-0.25, -0.2) is 9.78 Å². The number of carboxylic acid groups (broad SMARTS) is 1. The van der Waals surface area contributed by atoms with Gasteiger partial charge in [0.2, 0.25) is 0 Å². The van der Waals surface area contributed by atoms with E-state index in [1.807, 2.05) is 12.1 Å². The SMILES string of the molecule is CN(Cc1ccc(Cl)cc1)c1ncc(N)cc1C(=O)O. The minimum atomic E-state index is -1.05. The Balaban J connectivity index is 2.27. The normalized spacial score (nSPS) is 10.3. The first-order chi connectivity index (χ1) is 9.47. The number of halogens is 1. The summed E-state index contributed by atoms with van der Waals surface area (Å²) in [6.07, 6.45) is 1.44. The molecule has 2 aromatic rings. The first-order valence-corrected chi connectivity index (χ1v) is 6.29. The summed E-state index contributed by atoms with van der Waals surface area (Å²) in [5.74, 6) is -0.676. The van der Waals surface area contributed by atoms with Gasteiger partial charge >= 0.3 is 5.97 Å². The highest BCUT2D eigenvalue weighted by molar-refractivity contribution is 6.30. The van der Waals surface area contributed by atoms with Gasteiger partial charge in [-0.05, 0) is 23.8 Å². The van der Waals surface area contributed by atoms with Crippen LogP contribution in [-0.4, -0.2) is 23.1 Å².